The largest absolute Gasteiger partial charge is 0.368 e. The zero-order valence-corrected chi connectivity index (χ0v) is 22.7. The van der Waals surface area contributed by atoms with Crippen LogP contribution in [-0.2, 0) is 17.8 Å². The molecule has 3 N–H and O–H groups in total. The van der Waals surface area contributed by atoms with Crippen LogP contribution in [0.5, 0.6) is 0 Å². The number of imidazole rings is 1. The summed E-state index contributed by atoms with van der Waals surface area (Å²) < 4.78 is 2.32. The third-order valence-electron chi connectivity index (χ3n) is 8.70. The van der Waals surface area contributed by atoms with Crippen LogP contribution in [0.25, 0.3) is 28.8 Å². The van der Waals surface area contributed by atoms with Crippen LogP contribution in [-0.4, -0.2) is 71.4 Å². The van der Waals surface area contributed by atoms with Crippen LogP contribution >= 0.6 is 0 Å². The molecule has 4 aromatic rings. The molecule has 2 aliphatic heterocycles. The topological polar surface area (TPSA) is 122 Å². The maximum Gasteiger partial charge on any atom is 0.225 e. The Balaban J connectivity index is 1.02. The number of nitrogens with one attached hydrogen (secondary N) is 1. The second-order valence-corrected chi connectivity index (χ2v) is 11.3. The number of amides is 1. The van der Waals surface area contributed by atoms with E-state index in [9.17, 15) is 4.79 Å². The predicted octanol–water partition coefficient (Wildman–Crippen LogP) is 3.83. The van der Waals surface area contributed by atoms with Gasteiger partial charge in [0.2, 0.25) is 11.9 Å². The van der Waals surface area contributed by atoms with E-state index in [1.165, 1.54) is 11.3 Å². The number of hydrogen-bond acceptors (Lipinski definition) is 7. The zero-order valence-electron chi connectivity index (χ0n) is 22.7. The number of fused-ring (bicyclic) bond motifs is 2. The molecule has 40 heavy (non-hydrogen) atoms. The molecule has 0 radical (unpaired) electrons. The Kier molecular flexibility index (Phi) is 6.55. The van der Waals surface area contributed by atoms with Crippen molar-refractivity contribution in [2.45, 2.75) is 51.1 Å². The number of likely N-dealkylation sites (tertiary alicyclic amines) is 2. The van der Waals surface area contributed by atoms with Crippen molar-refractivity contribution in [2.24, 2.45) is 5.92 Å². The van der Waals surface area contributed by atoms with Crippen LogP contribution in [0, 0.1) is 5.92 Å². The van der Waals surface area contributed by atoms with Crippen molar-refractivity contribution in [1.82, 2.24) is 39.3 Å². The predicted molar refractivity (Wildman–Crippen MR) is 154 cm³/mol. The van der Waals surface area contributed by atoms with E-state index in [2.05, 4.69) is 47.5 Å². The van der Waals surface area contributed by atoms with Crippen molar-refractivity contribution in [2.75, 3.05) is 31.9 Å². The smallest absolute Gasteiger partial charge is 0.225 e. The lowest BCUT2D eigenvalue weighted by Crippen LogP contribution is -2.45. The van der Waals surface area contributed by atoms with Gasteiger partial charge in [0.25, 0.3) is 0 Å². The number of H-pyrrole nitrogens is 1. The molecule has 2 fully saturated rings. The molecule has 10 nitrogen and oxygen atoms in total. The van der Waals surface area contributed by atoms with E-state index in [1.807, 2.05) is 18.3 Å². The first-order chi connectivity index (χ1) is 19.6. The molecule has 0 saturated carbocycles. The van der Waals surface area contributed by atoms with Crippen LogP contribution in [0.3, 0.4) is 0 Å². The lowest BCUT2D eigenvalue weighted by Gasteiger charge is -2.37. The number of carbonyl (C=O) groups excluding carboxylic acids is 1. The Morgan fingerprint density at radius 3 is 2.62 bits per heavy atom. The van der Waals surface area contributed by atoms with Crippen molar-refractivity contribution in [3.05, 3.63) is 59.7 Å². The Labute approximate surface area is 233 Å². The molecule has 4 aromatic heterocycles. The third-order valence-corrected chi connectivity index (χ3v) is 8.70. The lowest BCUT2D eigenvalue weighted by molar-refractivity contribution is -0.138. The normalized spacial score (nSPS) is 18.9. The lowest BCUT2D eigenvalue weighted by atomic mass is 9.93. The summed E-state index contributed by atoms with van der Waals surface area (Å²) in [6.45, 7) is 4.14. The molecular formula is C30H35N9O. The van der Waals surface area contributed by atoms with Crippen molar-refractivity contribution < 1.29 is 4.79 Å². The van der Waals surface area contributed by atoms with E-state index >= 15 is 0 Å². The number of aryl methyl sites for hydroxylation is 1. The van der Waals surface area contributed by atoms with Gasteiger partial charge >= 0.3 is 0 Å². The number of nitrogens with two attached hydrogens (primary N) is 1. The average Bonchev–Trinajstić information content (AvgIpc) is 3.60. The van der Waals surface area contributed by atoms with Crippen molar-refractivity contribution in [3.8, 4) is 11.5 Å². The number of pyridine rings is 1. The molecule has 206 valence electrons. The van der Waals surface area contributed by atoms with E-state index in [0.717, 1.165) is 99.5 Å². The van der Waals surface area contributed by atoms with Gasteiger partial charge in [-0.3, -0.25) is 9.69 Å². The summed E-state index contributed by atoms with van der Waals surface area (Å²) in [5.74, 6) is 1.65. The highest BCUT2D eigenvalue weighted by Crippen LogP contribution is 2.35. The number of anilines is 1. The number of aromatic nitrogens is 6. The van der Waals surface area contributed by atoms with E-state index in [0.29, 0.717) is 11.9 Å². The molecule has 1 aliphatic carbocycles. The number of allylic oxidation sites excluding steroid dienone is 1. The minimum Gasteiger partial charge on any atom is -0.368 e. The zero-order chi connectivity index (χ0) is 27.1. The molecule has 7 rings (SSSR count). The van der Waals surface area contributed by atoms with Crippen LogP contribution in [0.1, 0.15) is 55.0 Å². The second kappa shape index (κ2) is 10.5. The monoisotopic (exact) mass is 537 g/mol. The molecule has 0 aromatic carbocycles. The Morgan fingerprint density at radius 2 is 1.85 bits per heavy atom. The van der Waals surface area contributed by atoms with Crippen LogP contribution in [0.2, 0.25) is 0 Å². The SMILES string of the molecule is Nc1ncc(CN2CCC(C(=O)N3CCC(n4c(-c5cc6c([nH]5)C=CCC6)nc5cccnc54)CC3)CC2)cn1. The first kappa shape index (κ1) is 25.0. The first-order valence-electron chi connectivity index (χ1n) is 14.4. The van der Waals surface area contributed by atoms with E-state index < -0.39 is 0 Å². The average molecular weight is 538 g/mol. The fraction of sp³-hybridized carbons (Fsp3) is 0.433. The highest BCUT2D eigenvalue weighted by atomic mass is 16.2. The molecule has 1 amide bonds. The van der Waals surface area contributed by atoms with Gasteiger partial charge in [0.05, 0.1) is 5.69 Å². The second-order valence-electron chi connectivity index (χ2n) is 11.3. The summed E-state index contributed by atoms with van der Waals surface area (Å²) in [5, 5.41) is 0. The summed E-state index contributed by atoms with van der Waals surface area (Å²) in [6, 6.07) is 6.49. The summed E-state index contributed by atoms with van der Waals surface area (Å²) >= 11 is 0. The van der Waals surface area contributed by atoms with Crippen LogP contribution in [0.4, 0.5) is 5.95 Å². The number of nitrogens with zero attached hydrogens (tertiary/aromatic N) is 7. The fourth-order valence-electron chi connectivity index (χ4n) is 6.54. The van der Waals surface area contributed by atoms with Gasteiger partial charge in [0, 0.05) is 61.4 Å². The minimum absolute atomic E-state index is 0.0973. The van der Waals surface area contributed by atoms with Crippen molar-refractivity contribution in [3.63, 3.8) is 0 Å². The molecular weight excluding hydrogens is 502 g/mol. The molecule has 6 heterocycles. The van der Waals surface area contributed by atoms with Gasteiger partial charge in [0.15, 0.2) is 11.5 Å². The maximum atomic E-state index is 13.5. The van der Waals surface area contributed by atoms with Crippen LogP contribution in [0.15, 0.2) is 42.9 Å². The summed E-state index contributed by atoms with van der Waals surface area (Å²) in [5.41, 5.74) is 12.1. The highest BCUT2D eigenvalue weighted by Gasteiger charge is 2.33. The quantitative estimate of drug-likeness (QED) is 0.397. The highest BCUT2D eigenvalue weighted by molar-refractivity contribution is 5.79. The number of hydrogen-bond donors (Lipinski definition) is 2. The minimum atomic E-state index is 0.0973. The summed E-state index contributed by atoms with van der Waals surface area (Å²) in [4.78, 5) is 39.5. The number of piperidine rings is 2. The van der Waals surface area contributed by atoms with Gasteiger partial charge in [-0.15, -0.1) is 0 Å². The number of carbonyl (C=O) groups is 1. The van der Waals surface area contributed by atoms with Crippen LogP contribution < -0.4 is 5.73 Å². The molecule has 0 bridgehead atoms. The van der Waals surface area contributed by atoms with Gasteiger partial charge in [-0.25, -0.2) is 19.9 Å². The Morgan fingerprint density at radius 1 is 1.05 bits per heavy atom. The number of aromatic amines is 1. The van der Waals surface area contributed by atoms with E-state index in [1.54, 1.807) is 12.4 Å². The van der Waals surface area contributed by atoms with E-state index in [4.69, 9.17) is 15.7 Å². The van der Waals surface area contributed by atoms with Gasteiger partial charge in [-0.1, -0.05) is 6.08 Å². The molecule has 3 aliphatic rings. The number of nitrogen functional groups attached to an aromatic ring is 1. The fourth-order valence-corrected chi connectivity index (χ4v) is 6.54. The first-order valence-corrected chi connectivity index (χ1v) is 14.4. The van der Waals surface area contributed by atoms with Gasteiger partial charge in [0.1, 0.15) is 5.52 Å². The van der Waals surface area contributed by atoms with Crippen molar-refractivity contribution >= 4 is 29.1 Å². The van der Waals surface area contributed by atoms with Crippen molar-refractivity contribution in [1.29, 1.82) is 0 Å². The third kappa shape index (κ3) is 4.77. The number of rotatable bonds is 5. The molecule has 0 atom stereocenters. The summed E-state index contributed by atoms with van der Waals surface area (Å²) in [7, 11) is 0. The molecule has 2 saturated heterocycles. The Hall–Kier alpha value is -4.05. The molecule has 0 unspecified atom stereocenters. The summed E-state index contributed by atoms with van der Waals surface area (Å²) in [6.07, 6.45) is 15.5. The molecule has 10 heteroatoms. The van der Waals surface area contributed by atoms with Gasteiger partial charge in [-0.05, 0) is 81.5 Å². The maximum absolute atomic E-state index is 13.5. The Bertz CT molecular complexity index is 1540. The van der Waals surface area contributed by atoms with Gasteiger partial charge < -0.3 is 20.2 Å². The molecule has 0 spiro atoms. The van der Waals surface area contributed by atoms with E-state index in [-0.39, 0.29) is 12.0 Å². The van der Waals surface area contributed by atoms with Gasteiger partial charge in [-0.2, -0.15) is 0 Å². The standard InChI is InChI=1S/C30H35N9O/c31-30-33-17-20(18-34-30)19-37-12-7-21(8-13-37)29(40)38-14-9-23(10-15-38)39-27-25(6-3-11-32-27)36-28(39)26-16-22-4-1-2-5-24(22)35-26/h2-3,5-6,11,16-18,21,23,35H,1,4,7-10,12-15,19H2,(H2,31,33,34).